The van der Waals surface area contributed by atoms with Gasteiger partial charge in [-0.3, -0.25) is 4.79 Å². The van der Waals surface area contributed by atoms with Crippen molar-refractivity contribution in [2.45, 2.75) is 32.2 Å². The van der Waals surface area contributed by atoms with Crippen LogP contribution in [0.1, 0.15) is 31.7 Å². The van der Waals surface area contributed by atoms with E-state index in [1.807, 2.05) is 6.92 Å². The zero-order chi connectivity index (χ0) is 22.4. The second kappa shape index (κ2) is 10.2. The van der Waals surface area contributed by atoms with Gasteiger partial charge in [-0.15, -0.1) is 0 Å². The maximum Gasteiger partial charge on any atom is 0.229 e. The molecular formula is C23H28FN5O2. The minimum Gasteiger partial charge on any atom is -0.494 e. The minimum absolute atomic E-state index is 0.0954. The van der Waals surface area contributed by atoms with Crippen LogP contribution in [0.5, 0.6) is 5.75 Å². The molecule has 1 saturated carbocycles. The molecule has 31 heavy (non-hydrogen) atoms. The lowest BCUT2D eigenvalue weighted by molar-refractivity contribution is -0.122. The zero-order valence-electron chi connectivity index (χ0n) is 18.3. The predicted octanol–water partition coefficient (Wildman–Crippen LogP) is 3.35. The summed E-state index contributed by atoms with van der Waals surface area (Å²) in [6.07, 6.45) is 4.13. The van der Waals surface area contributed by atoms with Gasteiger partial charge in [-0.2, -0.15) is 4.98 Å². The quantitative estimate of drug-likeness (QED) is 0.559. The van der Waals surface area contributed by atoms with E-state index in [4.69, 9.17) is 4.74 Å². The number of likely N-dealkylation sites (N-methyl/N-ethyl adjacent to an activating group) is 1. The molecule has 1 aromatic carbocycles. The lowest BCUT2D eigenvalue weighted by atomic mass is 9.72. The molecule has 0 saturated heterocycles. The van der Waals surface area contributed by atoms with Crippen molar-refractivity contribution in [1.29, 1.82) is 0 Å². The van der Waals surface area contributed by atoms with Crippen molar-refractivity contribution < 1.29 is 13.9 Å². The Labute approximate surface area is 182 Å². The van der Waals surface area contributed by atoms with Crippen molar-refractivity contribution >= 4 is 23.2 Å². The lowest BCUT2D eigenvalue weighted by Gasteiger charge is -2.32. The highest BCUT2D eigenvalue weighted by molar-refractivity contribution is 5.83. The normalized spacial score (nSPS) is 18.2. The molecule has 164 valence electrons. The topological polar surface area (TPSA) is 88.2 Å². The van der Waals surface area contributed by atoms with E-state index in [1.165, 1.54) is 19.2 Å². The number of aromatic nitrogens is 2. The number of hydrogen-bond donors (Lipinski definition) is 3. The number of carbonyl (C=O) groups is 1. The Morgan fingerprint density at radius 3 is 2.77 bits per heavy atom. The molecule has 8 heteroatoms. The van der Waals surface area contributed by atoms with Crippen LogP contribution in [-0.2, 0) is 4.79 Å². The fourth-order valence-corrected chi connectivity index (χ4v) is 3.42. The maximum absolute atomic E-state index is 13.9. The van der Waals surface area contributed by atoms with Gasteiger partial charge in [0.05, 0.1) is 24.9 Å². The SMILES string of the molecule is CNc1nc(Nc2ccc(OC)c(F)c2)ncc1C#CC1CC(CC(=O)[C@H](C)NC)C1. The summed E-state index contributed by atoms with van der Waals surface area (Å²) < 4.78 is 18.8. The monoisotopic (exact) mass is 425 g/mol. The molecule has 0 spiro atoms. The number of rotatable bonds is 8. The molecule has 1 heterocycles. The third-order valence-electron chi connectivity index (χ3n) is 5.49. The number of carbonyl (C=O) groups excluding carboxylic acids is 1. The molecule has 1 aliphatic rings. The maximum atomic E-state index is 13.9. The van der Waals surface area contributed by atoms with Crippen LogP contribution in [0.3, 0.4) is 0 Å². The Hall–Kier alpha value is -3.18. The van der Waals surface area contributed by atoms with Gasteiger partial charge >= 0.3 is 0 Å². The number of benzene rings is 1. The Morgan fingerprint density at radius 1 is 1.35 bits per heavy atom. The summed E-state index contributed by atoms with van der Waals surface area (Å²) in [4.78, 5) is 20.7. The number of halogens is 1. The molecule has 0 radical (unpaired) electrons. The summed E-state index contributed by atoms with van der Waals surface area (Å²) in [7, 11) is 4.98. The first-order chi connectivity index (χ1) is 14.9. The number of ether oxygens (including phenoxy) is 1. The van der Waals surface area contributed by atoms with Crippen molar-refractivity contribution in [1.82, 2.24) is 15.3 Å². The molecule has 1 aliphatic carbocycles. The number of nitrogens with one attached hydrogen (secondary N) is 3. The number of nitrogens with zero attached hydrogens (tertiary/aromatic N) is 2. The molecule has 1 aromatic heterocycles. The molecule has 7 nitrogen and oxygen atoms in total. The van der Waals surface area contributed by atoms with Crippen molar-refractivity contribution in [3.63, 3.8) is 0 Å². The van der Waals surface area contributed by atoms with E-state index in [2.05, 4.69) is 37.8 Å². The summed E-state index contributed by atoms with van der Waals surface area (Å²) in [6, 6.07) is 4.45. The molecule has 0 bridgehead atoms. The second-order valence-electron chi connectivity index (χ2n) is 7.66. The van der Waals surface area contributed by atoms with E-state index < -0.39 is 5.82 Å². The Kier molecular flexibility index (Phi) is 7.42. The number of ketones is 1. The van der Waals surface area contributed by atoms with Gasteiger partial charge in [0.15, 0.2) is 11.6 Å². The van der Waals surface area contributed by atoms with Gasteiger partial charge in [-0.25, -0.2) is 9.37 Å². The molecule has 1 fully saturated rings. The van der Waals surface area contributed by atoms with Gasteiger partial charge in [-0.1, -0.05) is 11.8 Å². The third kappa shape index (κ3) is 5.70. The average Bonchev–Trinajstić information content (AvgIpc) is 2.75. The number of methoxy groups -OCH3 is 1. The lowest BCUT2D eigenvalue weighted by Crippen LogP contribution is -2.34. The van der Waals surface area contributed by atoms with Gasteiger partial charge in [0.2, 0.25) is 5.95 Å². The van der Waals surface area contributed by atoms with Gasteiger partial charge in [0.25, 0.3) is 0 Å². The minimum atomic E-state index is -0.468. The Bertz CT molecular complexity index is 995. The van der Waals surface area contributed by atoms with Gasteiger partial charge in [0.1, 0.15) is 11.6 Å². The Morgan fingerprint density at radius 2 is 2.13 bits per heavy atom. The predicted molar refractivity (Wildman–Crippen MR) is 119 cm³/mol. The summed E-state index contributed by atoms with van der Waals surface area (Å²) in [6.45, 7) is 1.89. The molecule has 0 amide bonds. The highest BCUT2D eigenvalue weighted by Gasteiger charge is 2.30. The summed E-state index contributed by atoms with van der Waals surface area (Å²) in [5.74, 6) is 8.00. The van der Waals surface area contributed by atoms with E-state index in [1.54, 1.807) is 26.4 Å². The largest absolute Gasteiger partial charge is 0.494 e. The van der Waals surface area contributed by atoms with Crippen molar-refractivity contribution in [3.05, 3.63) is 35.8 Å². The molecule has 3 rings (SSSR count). The number of anilines is 3. The van der Waals surface area contributed by atoms with Gasteiger partial charge in [-0.05, 0) is 44.9 Å². The van der Waals surface area contributed by atoms with Crippen molar-refractivity contribution in [2.75, 3.05) is 31.8 Å². The fraction of sp³-hybridized carbons (Fsp3) is 0.435. The second-order valence-corrected chi connectivity index (χ2v) is 7.66. The van der Waals surface area contributed by atoms with E-state index in [0.29, 0.717) is 35.4 Å². The standard InChI is InChI=1S/C23H28FN5O2/c1-14(25-2)20(30)11-16-9-15(10-16)5-6-17-13-27-23(29-22(17)26-3)28-18-7-8-21(31-4)19(24)12-18/h7-8,12-16,25H,9-11H2,1-4H3,(H2,26,27,28,29)/t14-,15?,16?/m0/s1. The Balaban J connectivity index is 1.60. The summed E-state index contributed by atoms with van der Waals surface area (Å²) in [5, 5.41) is 8.99. The van der Waals surface area contributed by atoms with E-state index in [0.717, 1.165) is 12.8 Å². The molecule has 0 unspecified atom stereocenters. The fourth-order valence-electron chi connectivity index (χ4n) is 3.42. The van der Waals surface area contributed by atoms with Crippen LogP contribution in [0.25, 0.3) is 0 Å². The first-order valence-electron chi connectivity index (χ1n) is 10.3. The van der Waals surface area contributed by atoms with Crippen LogP contribution in [0, 0.1) is 29.5 Å². The van der Waals surface area contributed by atoms with E-state index in [9.17, 15) is 9.18 Å². The smallest absolute Gasteiger partial charge is 0.229 e. The van der Waals surface area contributed by atoms with E-state index >= 15 is 0 Å². The molecule has 1 atom stereocenters. The molecule has 3 N–H and O–H groups in total. The van der Waals surface area contributed by atoms with Gasteiger partial charge in [0, 0.05) is 31.1 Å². The third-order valence-corrected chi connectivity index (χ3v) is 5.49. The van der Waals surface area contributed by atoms with Crippen LogP contribution < -0.4 is 20.7 Å². The zero-order valence-corrected chi connectivity index (χ0v) is 18.3. The van der Waals surface area contributed by atoms with Crippen LogP contribution in [-0.4, -0.2) is 43.0 Å². The van der Waals surface area contributed by atoms with Crippen LogP contribution in [0.15, 0.2) is 24.4 Å². The van der Waals surface area contributed by atoms with Gasteiger partial charge < -0.3 is 20.7 Å². The highest BCUT2D eigenvalue weighted by Crippen LogP contribution is 2.36. The molecular weight excluding hydrogens is 397 g/mol. The summed E-state index contributed by atoms with van der Waals surface area (Å²) in [5.41, 5.74) is 1.21. The molecule has 0 aliphatic heterocycles. The van der Waals surface area contributed by atoms with Crippen LogP contribution in [0.2, 0.25) is 0 Å². The van der Waals surface area contributed by atoms with Crippen LogP contribution in [0.4, 0.5) is 21.8 Å². The van der Waals surface area contributed by atoms with Crippen molar-refractivity contribution in [2.24, 2.45) is 11.8 Å². The highest BCUT2D eigenvalue weighted by atomic mass is 19.1. The van der Waals surface area contributed by atoms with E-state index in [-0.39, 0.29) is 23.5 Å². The summed E-state index contributed by atoms with van der Waals surface area (Å²) >= 11 is 0. The van der Waals surface area contributed by atoms with Crippen molar-refractivity contribution in [3.8, 4) is 17.6 Å². The number of Topliss-reactive ketones (excluding diaryl/α,β-unsaturated/α-hetero) is 1. The first kappa shape index (κ1) is 22.5. The van der Waals surface area contributed by atoms with Crippen LogP contribution >= 0.6 is 0 Å². The average molecular weight is 426 g/mol. The molecule has 2 aromatic rings. The number of hydrogen-bond acceptors (Lipinski definition) is 7. The first-order valence-corrected chi connectivity index (χ1v) is 10.3.